The van der Waals surface area contributed by atoms with Crippen LogP contribution in [0.5, 0.6) is 11.5 Å². The monoisotopic (exact) mass is 302 g/mol. The van der Waals surface area contributed by atoms with Crippen molar-refractivity contribution >= 4 is 0 Å². The van der Waals surface area contributed by atoms with Crippen molar-refractivity contribution in [1.29, 1.82) is 0 Å². The van der Waals surface area contributed by atoms with E-state index in [0.717, 1.165) is 11.3 Å². The molecule has 1 aromatic rings. The Balaban J connectivity index is 1.61. The Labute approximate surface area is 121 Å². The van der Waals surface area contributed by atoms with E-state index in [2.05, 4.69) is 0 Å². The molecule has 6 heteroatoms. The number of alkyl halides is 3. The van der Waals surface area contributed by atoms with Gasteiger partial charge in [-0.2, -0.15) is 13.2 Å². The molecule has 0 aliphatic carbocycles. The first-order valence-electron chi connectivity index (χ1n) is 6.94. The van der Waals surface area contributed by atoms with Crippen LogP contribution in [0.1, 0.15) is 38.4 Å². The first-order chi connectivity index (χ1) is 9.76. The predicted octanol–water partition coefficient (Wildman–Crippen LogP) is 4.02. The van der Waals surface area contributed by atoms with E-state index in [1.165, 1.54) is 0 Å². The minimum absolute atomic E-state index is 0.00229. The fraction of sp³-hybridized carbons (Fsp3) is 0.600. The first-order valence-corrected chi connectivity index (χ1v) is 6.94. The van der Waals surface area contributed by atoms with Crippen LogP contribution in [0.4, 0.5) is 13.2 Å². The third-order valence-corrected chi connectivity index (χ3v) is 3.71. The van der Waals surface area contributed by atoms with Gasteiger partial charge in [0.15, 0.2) is 0 Å². The largest absolute Gasteiger partial charge is 0.494 e. The van der Waals surface area contributed by atoms with Crippen molar-refractivity contribution in [2.24, 2.45) is 0 Å². The van der Waals surface area contributed by atoms with Crippen LogP contribution in [-0.4, -0.2) is 24.5 Å². The molecule has 3 nitrogen and oxygen atoms in total. The normalized spacial score (nSPS) is 25.6. The van der Waals surface area contributed by atoms with Crippen LogP contribution in [0.25, 0.3) is 0 Å². The summed E-state index contributed by atoms with van der Waals surface area (Å²) in [5.41, 5.74) is 0.555. The van der Waals surface area contributed by atoms with Crippen molar-refractivity contribution in [2.75, 3.05) is 6.61 Å². The highest BCUT2D eigenvalue weighted by Crippen LogP contribution is 2.54. The summed E-state index contributed by atoms with van der Waals surface area (Å²) in [6.45, 7) is 3.99. The van der Waals surface area contributed by atoms with Crippen LogP contribution < -0.4 is 9.47 Å². The zero-order valence-electron chi connectivity index (χ0n) is 11.9. The molecule has 2 aliphatic heterocycles. The molecule has 1 fully saturated rings. The van der Waals surface area contributed by atoms with Crippen LogP contribution >= 0.6 is 0 Å². The van der Waals surface area contributed by atoms with Gasteiger partial charge in [0.1, 0.15) is 29.3 Å². The fourth-order valence-corrected chi connectivity index (χ4v) is 2.61. The maximum Gasteiger partial charge on any atom is 0.389 e. The van der Waals surface area contributed by atoms with Crippen molar-refractivity contribution in [1.82, 2.24) is 0 Å². The molecule has 2 heterocycles. The average Bonchev–Trinajstić information content (AvgIpc) is 3.15. The quantitative estimate of drug-likeness (QED) is 0.622. The van der Waals surface area contributed by atoms with E-state index < -0.39 is 12.6 Å². The Bertz CT molecular complexity index is 539. The van der Waals surface area contributed by atoms with Crippen LogP contribution in [-0.2, 0) is 4.74 Å². The van der Waals surface area contributed by atoms with Gasteiger partial charge in [-0.25, -0.2) is 0 Å². The fourth-order valence-electron chi connectivity index (χ4n) is 2.61. The second-order valence-corrected chi connectivity index (χ2v) is 5.95. The molecule has 0 spiro atoms. The van der Waals surface area contributed by atoms with Crippen LogP contribution in [0.15, 0.2) is 18.2 Å². The van der Waals surface area contributed by atoms with Gasteiger partial charge >= 0.3 is 6.18 Å². The molecule has 0 N–H and O–H groups in total. The molecule has 3 rings (SSSR count). The number of fused-ring (bicyclic) bond motifs is 3. The van der Waals surface area contributed by atoms with E-state index in [0.29, 0.717) is 5.75 Å². The predicted molar refractivity (Wildman–Crippen MR) is 69.5 cm³/mol. The smallest absolute Gasteiger partial charge is 0.389 e. The molecular formula is C15H17F3O3. The Morgan fingerprint density at radius 2 is 2.05 bits per heavy atom. The standard InChI is InChI=1S/C15H17F3O3/c1-14(2)13-12(20-13)10-8-9(4-5-11(10)21-14)19-7-3-6-15(16,17)18/h4-5,8,12-13H,3,6-7H2,1-2H3. The molecule has 2 aliphatic rings. The minimum atomic E-state index is -4.13. The molecule has 1 saturated heterocycles. The van der Waals surface area contributed by atoms with Crippen molar-refractivity contribution in [3.8, 4) is 11.5 Å². The summed E-state index contributed by atoms with van der Waals surface area (Å²) >= 11 is 0. The summed E-state index contributed by atoms with van der Waals surface area (Å²) in [6, 6.07) is 5.29. The maximum absolute atomic E-state index is 12.0. The number of rotatable bonds is 4. The number of halogens is 3. The van der Waals surface area contributed by atoms with Gasteiger partial charge in [0.25, 0.3) is 0 Å². The van der Waals surface area contributed by atoms with Gasteiger partial charge in [-0.1, -0.05) is 0 Å². The molecule has 0 amide bonds. The summed E-state index contributed by atoms with van der Waals surface area (Å²) in [6.07, 6.45) is -4.98. The van der Waals surface area contributed by atoms with Crippen molar-refractivity contribution in [3.05, 3.63) is 23.8 Å². The highest BCUT2D eigenvalue weighted by Gasteiger charge is 2.56. The summed E-state index contributed by atoms with van der Waals surface area (Å²) in [5, 5.41) is 0. The van der Waals surface area contributed by atoms with E-state index in [9.17, 15) is 13.2 Å². The summed E-state index contributed by atoms with van der Waals surface area (Å²) in [4.78, 5) is 0. The number of ether oxygens (including phenoxy) is 3. The van der Waals surface area contributed by atoms with Crippen LogP contribution in [0.2, 0.25) is 0 Å². The molecule has 0 saturated carbocycles. The molecule has 0 radical (unpaired) electrons. The lowest BCUT2D eigenvalue weighted by molar-refractivity contribution is -0.136. The lowest BCUT2D eigenvalue weighted by Gasteiger charge is -2.29. The van der Waals surface area contributed by atoms with E-state index in [1.807, 2.05) is 13.8 Å². The van der Waals surface area contributed by atoms with E-state index >= 15 is 0 Å². The van der Waals surface area contributed by atoms with Crippen molar-refractivity contribution in [3.63, 3.8) is 0 Å². The number of hydrogen-bond donors (Lipinski definition) is 0. The van der Waals surface area contributed by atoms with Gasteiger partial charge in [-0.05, 0) is 38.5 Å². The second-order valence-electron chi connectivity index (χ2n) is 5.95. The van der Waals surface area contributed by atoms with Gasteiger partial charge in [0.2, 0.25) is 0 Å². The highest BCUT2D eigenvalue weighted by molar-refractivity contribution is 5.46. The zero-order valence-corrected chi connectivity index (χ0v) is 11.9. The lowest BCUT2D eigenvalue weighted by Crippen LogP contribution is -2.37. The van der Waals surface area contributed by atoms with Crippen molar-refractivity contribution in [2.45, 2.75) is 50.7 Å². The Kier molecular flexibility index (Phi) is 3.31. The summed E-state index contributed by atoms with van der Waals surface area (Å²) in [5.74, 6) is 1.30. The lowest BCUT2D eigenvalue weighted by atomic mass is 9.94. The Morgan fingerprint density at radius 3 is 2.76 bits per heavy atom. The van der Waals surface area contributed by atoms with Crippen LogP contribution in [0.3, 0.4) is 0 Å². The SMILES string of the molecule is CC1(C)Oc2ccc(OCCCC(F)(F)F)cc2C2OC21. The third-order valence-electron chi connectivity index (χ3n) is 3.71. The van der Waals surface area contributed by atoms with Crippen molar-refractivity contribution < 1.29 is 27.4 Å². The molecule has 0 bridgehead atoms. The van der Waals surface area contributed by atoms with E-state index in [-0.39, 0.29) is 30.8 Å². The molecular weight excluding hydrogens is 285 g/mol. The molecule has 21 heavy (non-hydrogen) atoms. The summed E-state index contributed by atoms with van der Waals surface area (Å²) < 4.78 is 53.0. The molecule has 0 aromatic heterocycles. The van der Waals surface area contributed by atoms with Crippen LogP contribution in [0, 0.1) is 0 Å². The van der Waals surface area contributed by atoms with E-state index in [1.54, 1.807) is 18.2 Å². The topological polar surface area (TPSA) is 31.0 Å². The molecule has 2 atom stereocenters. The van der Waals surface area contributed by atoms with Gasteiger partial charge in [-0.3, -0.25) is 0 Å². The van der Waals surface area contributed by atoms with Gasteiger partial charge in [-0.15, -0.1) is 0 Å². The number of hydrogen-bond acceptors (Lipinski definition) is 3. The molecule has 116 valence electrons. The minimum Gasteiger partial charge on any atom is -0.494 e. The molecule has 1 aromatic carbocycles. The average molecular weight is 302 g/mol. The second kappa shape index (κ2) is 4.80. The third kappa shape index (κ3) is 3.10. The Hall–Kier alpha value is -1.43. The number of benzene rings is 1. The Morgan fingerprint density at radius 1 is 1.29 bits per heavy atom. The van der Waals surface area contributed by atoms with Gasteiger partial charge in [0.05, 0.1) is 6.61 Å². The molecule has 2 unspecified atom stereocenters. The zero-order chi connectivity index (χ0) is 15.3. The van der Waals surface area contributed by atoms with E-state index in [4.69, 9.17) is 14.2 Å². The van der Waals surface area contributed by atoms with Gasteiger partial charge in [0, 0.05) is 12.0 Å². The maximum atomic E-state index is 12.0. The summed E-state index contributed by atoms with van der Waals surface area (Å²) in [7, 11) is 0. The highest BCUT2D eigenvalue weighted by atomic mass is 19.4. The number of epoxide rings is 1. The van der Waals surface area contributed by atoms with Gasteiger partial charge < -0.3 is 14.2 Å². The first kappa shape index (κ1) is 14.5.